The van der Waals surface area contributed by atoms with Gasteiger partial charge in [-0.25, -0.2) is 0 Å². The second-order valence-electron chi connectivity index (χ2n) is 4.86. The highest BCUT2D eigenvalue weighted by Crippen LogP contribution is 2.31. The van der Waals surface area contributed by atoms with Crippen LogP contribution in [0.25, 0.3) is 0 Å². The first kappa shape index (κ1) is 11.5. The molecule has 1 aliphatic carbocycles. The molecule has 1 saturated carbocycles. The summed E-state index contributed by atoms with van der Waals surface area (Å²) < 4.78 is 5.24. The van der Waals surface area contributed by atoms with Gasteiger partial charge in [0.1, 0.15) is 0 Å². The summed E-state index contributed by atoms with van der Waals surface area (Å²) in [5.41, 5.74) is 0. The fraction of sp³-hybridized carbons (Fsp3) is 0.917. The lowest BCUT2D eigenvalue weighted by molar-refractivity contribution is -0.150. The zero-order valence-corrected chi connectivity index (χ0v) is 9.58. The van der Waals surface area contributed by atoms with Gasteiger partial charge in [-0.2, -0.15) is 0 Å². The van der Waals surface area contributed by atoms with E-state index in [2.05, 4.69) is 13.8 Å². The van der Waals surface area contributed by atoms with Crippen molar-refractivity contribution in [2.24, 2.45) is 17.8 Å². The first-order valence-electron chi connectivity index (χ1n) is 5.78. The van der Waals surface area contributed by atoms with Crippen LogP contribution in [0.15, 0.2) is 0 Å². The topological polar surface area (TPSA) is 26.3 Å². The Kier molecular flexibility index (Phi) is 4.43. The van der Waals surface area contributed by atoms with E-state index in [0.717, 1.165) is 0 Å². The van der Waals surface area contributed by atoms with Crippen LogP contribution in [0.2, 0.25) is 0 Å². The molecule has 0 aromatic rings. The molecule has 0 N–H and O–H groups in total. The predicted octanol–water partition coefficient (Wildman–Crippen LogP) is 3.01. The first-order chi connectivity index (χ1) is 6.61. The summed E-state index contributed by atoms with van der Waals surface area (Å²) in [6.45, 7) is 6.70. The molecular weight excluding hydrogens is 176 g/mol. The zero-order chi connectivity index (χ0) is 10.6. The molecule has 0 bridgehead atoms. The normalized spacial score (nSPS) is 20.0. The number of esters is 1. The molecule has 0 aromatic heterocycles. The molecule has 2 heteroatoms. The van der Waals surface area contributed by atoms with Crippen molar-refractivity contribution in [1.29, 1.82) is 0 Å². The second kappa shape index (κ2) is 5.38. The molecule has 82 valence electrons. The van der Waals surface area contributed by atoms with Crippen molar-refractivity contribution in [1.82, 2.24) is 0 Å². The highest BCUT2D eigenvalue weighted by atomic mass is 16.5. The standard InChI is InChI=1S/C12H22O2/c1-9(2)8-14-12(13)10(3)11-6-4-5-7-11/h9-11H,4-8H2,1-3H3. The van der Waals surface area contributed by atoms with Gasteiger partial charge in [-0.3, -0.25) is 4.79 Å². The maximum Gasteiger partial charge on any atom is 0.308 e. The summed E-state index contributed by atoms with van der Waals surface area (Å²) in [4.78, 5) is 11.6. The smallest absolute Gasteiger partial charge is 0.308 e. The van der Waals surface area contributed by atoms with E-state index in [1.165, 1.54) is 25.7 Å². The molecule has 0 radical (unpaired) electrons. The number of ether oxygens (including phenoxy) is 1. The summed E-state index contributed by atoms with van der Waals surface area (Å²) >= 11 is 0. The summed E-state index contributed by atoms with van der Waals surface area (Å²) in [5.74, 6) is 1.13. The maximum absolute atomic E-state index is 11.6. The van der Waals surface area contributed by atoms with E-state index in [0.29, 0.717) is 18.4 Å². The van der Waals surface area contributed by atoms with Crippen LogP contribution >= 0.6 is 0 Å². The Hall–Kier alpha value is -0.530. The van der Waals surface area contributed by atoms with Gasteiger partial charge in [0.2, 0.25) is 0 Å². The third-order valence-corrected chi connectivity index (χ3v) is 3.04. The lowest BCUT2D eigenvalue weighted by Crippen LogP contribution is -2.23. The minimum atomic E-state index is 0.00519. The molecule has 0 saturated heterocycles. The molecule has 14 heavy (non-hydrogen) atoms. The predicted molar refractivity (Wildman–Crippen MR) is 56.9 cm³/mol. The fourth-order valence-electron chi connectivity index (χ4n) is 2.03. The minimum absolute atomic E-state index is 0.00519. The Morgan fingerprint density at radius 1 is 1.29 bits per heavy atom. The van der Waals surface area contributed by atoms with Gasteiger partial charge >= 0.3 is 5.97 Å². The molecular formula is C12H22O2. The molecule has 1 unspecified atom stereocenters. The number of rotatable bonds is 4. The van der Waals surface area contributed by atoms with Crippen LogP contribution in [-0.4, -0.2) is 12.6 Å². The van der Waals surface area contributed by atoms with E-state index < -0.39 is 0 Å². The molecule has 1 aliphatic rings. The van der Waals surface area contributed by atoms with Crippen LogP contribution < -0.4 is 0 Å². The van der Waals surface area contributed by atoms with Crippen LogP contribution in [-0.2, 0) is 9.53 Å². The Bertz CT molecular complexity index is 181. The molecule has 1 atom stereocenters. The van der Waals surface area contributed by atoms with Crippen molar-refractivity contribution < 1.29 is 9.53 Å². The quantitative estimate of drug-likeness (QED) is 0.649. The van der Waals surface area contributed by atoms with Crippen molar-refractivity contribution >= 4 is 5.97 Å². The van der Waals surface area contributed by atoms with Crippen molar-refractivity contribution in [2.45, 2.75) is 46.5 Å². The van der Waals surface area contributed by atoms with Gasteiger partial charge in [-0.05, 0) is 24.7 Å². The van der Waals surface area contributed by atoms with Gasteiger partial charge in [0.25, 0.3) is 0 Å². The van der Waals surface area contributed by atoms with Crippen molar-refractivity contribution in [3.8, 4) is 0 Å². The molecule has 1 fully saturated rings. The molecule has 0 amide bonds. The summed E-state index contributed by atoms with van der Waals surface area (Å²) in [6.07, 6.45) is 4.98. The Morgan fingerprint density at radius 2 is 1.86 bits per heavy atom. The lowest BCUT2D eigenvalue weighted by Gasteiger charge is -2.18. The van der Waals surface area contributed by atoms with Crippen LogP contribution in [0.4, 0.5) is 0 Å². The van der Waals surface area contributed by atoms with E-state index in [1.807, 2.05) is 6.92 Å². The van der Waals surface area contributed by atoms with E-state index in [-0.39, 0.29) is 11.9 Å². The fourth-order valence-corrected chi connectivity index (χ4v) is 2.03. The molecule has 0 spiro atoms. The SMILES string of the molecule is CC(C)COC(=O)C(C)C1CCCC1. The number of hydrogen-bond acceptors (Lipinski definition) is 2. The highest BCUT2D eigenvalue weighted by molar-refractivity contribution is 5.72. The summed E-state index contributed by atoms with van der Waals surface area (Å²) in [5, 5.41) is 0. The van der Waals surface area contributed by atoms with Gasteiger partial charge in [0, 0.05) is 0 Å². The number of carbonyl (C=O) groups is 1. The lowest BCUT2D eigenvalue weighted by atomic mass is 9.93. The third-order valence-electron chi connectivity index (χ3n) is 3.04. The van der Waals surface area contributed by atoms with Crippen LogP contribution in [0, 0.1) is 17.8 Å². The largest absolute Gasteiger partial charge is 0.465 e. The van der Waals surface area contributed by atoms with Crippen molar-refractivity contribution in [3.05, 3.63) is 0 Å². The maximum atomic E-state index is 11.6. The second-order valence-corrected chi connectivity index (χ2v) is 4.86. The van der Waals surface area contributed by atoms with Crippen molar-refractivity contribution in [3.63, 3.8) is 0 Å². The molecule has 0 heterocycles. The van der Waals surface area contributed by atoms with Crippen LogP contribution in [0.3, 0.4) is 0 Å². The molecule has 0 aromatic carbocycles. The van der Waals surface area contributed by atoms with E-state index in [4.69, 9.17) is 4.74 Å². The molecule has 2 nitrogen and oxygen atoms in total. The highest BCUT2D eigenvalue weighted by Gasteiger charge is 2.27. The van der Waals surface area contributed by atoms with Crippen LogP contribution in [0.5, 0.6) is 0 Å². The number of carbonyl (C=O) groups excluding carboxylic acids is 1. The summed E-state index contributed by atoms with van der Waals surface area (Å²) in [6, 6.07) is 0. The Morgan fingerprint density at radius 3 is 2.36 bits per heavy atom. The minimum Gasteiger partial charge on any atom is -0.465 e. The summed E-state index contributed by atoms with van der Waals surface area (Å²) in [7, 11) is 0. The van der Waals surface area contributed by atoms with Crippen molar-refractivity contribution in [2.75, 3.05) is 6.61 Å². The van der Waals surface area contributed by atoms with E-state index in [9.17, 15) is 4.79 Å². The zero-order valence-electron chi connectivity index (χ0n) is 9.58. The van der Waals surface area contributed by atoms with Gasteiger partial charge in [0.05, 0.1) is 12.5 Å². The Labute approximate surface area is 87.0 Å². The van der Waals surface area contributed by atoms with Gasteiger partial charge in [-0.1, -0.05) is 33.6 Å². The van der Waals surface area contributed by atoms with Gasteiger partial charge in [-0.15, -0.1) is 0 Å². The van der Waals surface area contributed by atoms with E-state index in [1.54, 1.807) is 0 Å². The first-order valence-corrected chi connectivity index (χ1v) is 5.78. The number of hydrogen-bond donors (Lipinski definition) is 0. The average Bonchev–Trinajstić information content (AvgIpc) is 2.65. The molecule has 1 rings (SSSR count). The molecule has 0 aliphatic heterocycles. The van der Waals surface area contributed by atoms with Gasteiger partial charge in [0.15, 0.2) is 0 Å². The van der Waals surface area contributed by atoms with Crippen LogP contribution in [0.1, 0.15) is 46.5 Å². The monoisotopic (exact) mass is 198 g/mol. The Balaban J connectivity index is 2.28. The average molecular weight is 198 g/mol. The van der Waals surface area contributed by atoms with Gasteiger partial charge < -0.3 is 4.74 Å². The third kappa shape index (κ3) is 3.32. The van der Waals surface area contributed by atoms with E-state index >= 15 is 0 Å².